The number of nitrogens with zero attached hydrogens (tertiary/aromatic N) is 2. The maximum atomic E-state index is 13.4. The molecule has 4 rings (SSSR count). The molecule has 2 aromatic heterocycles. The van der Waals surface area contributed by atoms with Gasteiger partial charge in [0.15, 0.2) is 22.9 Å². The molecule has 0 amide bonds. The van der Waals surface area contributed by atoms with Crippen LogP contribution in [0.1, 0.15) is 21.8 Å². The fourth-order valence-electron chi connectivity index (χ4n) is 2.97. The highest BCUT2D eigenvalue weighted by molar-refractivity contribution is 6.31. The normalized spacial score (nSPS) is 11.4. The van der Waals surface area contributed by atoms with E-state index in [0.29, 0.717) is 33.7 Å². The first-order chi connectivity index (χ1) is 14.2. The van der Waals surface area contributed by atoms with Crippen molar-refractivity contribution in [2.75, 3.05) is 14.2 Å². The van der Waals surface area contributed by atoms with Crippen molar-refractivity contribution in [3.8, 4) is 11.5 Å². The second kappa shape index (κ2) is 7.98. The molecule has 0 N–H and O–H groups in total. The lowest BCUT2D eigenvalue weighted by Crippen LogP contribution is -2.04. The van der Waals surface area contributed by atoms with E-state index >= 15 is 0 Å². The molecule has 0 saturated heterocycles. The Morgan fingerprint density at radius 3 is 2.45 bits per heavy atom. The SMILES string of the molecule is COc1ccc(C(=O)/C(=C/c2ccncc2)c2nc3ccccc3o2)cc1OC. The summed E-state index contributed by atoms with van der Waals surface area (Å²) in [6, 6.07) is 16.0. The van der Waals surface area contributed by atoms with Crippen molar-refractivity contribution in [3.63, 3.8) is 0 Å². The molecule has 0 aliphatic carbocycles. The Morgan fingerprint density at radius 1 is 0.966 bits per heavy atom. The third-order valence-electron chi connectivity index (χ3n) is 4.43. The highest BCUT2D eigenvalue weighted by Crippen LogP contribution is 2.31. The lowest BCUT2D eigenvalue weighted by atomic mass is 10.0. The van der Waals surface area contributed by atoms with E-state index in [9.17, 15) is 4.79 Å². The van der Waals surface area contributed by atoms with Crippen molar-refractivity contribution in [1.82, 2.24) is 9.97 Å². The molecule has 6 nitrogen and oxygen atoms in total. The minimum Gasteiger partial charge on any atom is -0.493 e. The van der Waals surface area contributed by atoms with Gasteiger partial charge < -0.3 is 13.9 Å². The topological polar surface area (TPSA) is 74.5 Å². The Hall–Kier alpha value is -3.93. The van der Waals surface area contributed by atoms with Crippen LogP contribution in [0.2, 0.25) is 0 Å². The number of ketones is 1. The van der Waals surface area contributed by atoms with Gasteiger partial charge in [-0.15, -0.1) is 0 Å². The van der Waals surface area contributed by atoms with E-state index in [1.807, 2.05) is 36.4 Å². The third kappa shape index (κ3) is 3.73. The molecule has 0 radical (unpaired) electrons. The monoisotopic (exact) mass is 386 g/mol. The van der Waals surface area contributed by atoms with Crippen LogP contribution in [0.5, 0.6) is 11.5 Å². The molecule has 0 spiro atoms. The summed E-state index contributed by atoms with van der Waals surface area (Å²) >= 11 is 0. The molecule has 0 aliphatic heterocycles. The summed E-state index contributed by atoms with van der Waals surface area (Å²) in [5.41, 5.74) is 2.88. The third-order valence-corrected chi connectivity index (χ3v) is 4.43. The summed E-state index contributed by atoms with van der Waals surface area (Å²) in [6.07, 6.45) is 5.07. The largest absolute Gasteiger partial charge is 0.493 e. The van der Waals surface area contributed by atoms with Gasteiger partial charge in [-0.1, -0.05) is 12.1 Å². The van der Waals surface area contributed by atoms with Crippen LogP contribution in [0.4, 0.5) is 0 Å². The summed E-state index contributed by atoms with van der Waals surface area (Å²) in [7, 11) is 3.08. The van der Waals surface area contributed by atoms with E-state index in [0.717, 1.165) is 5.56 Å². The van der Waals surface area contributed by atoms with Crippen LogP contribution in [0, 0.1) is 0 Å². The molecule has 0 aliphatic rings. The molecule has 29 heavy (non-hydrogen) atoms. The number of ether oxygens (including phenoxy) is 2. The predicted octanol–water partition coefficient (Wildman–Crippen LogP) is 4.66. The molecule has 0 unspecified atom stereocenters. The lowest BCUT2D eigenvalue weighted by Gasteiger charge is -2.10. The number of aromatic nitrogens is 2. The lowest BCUT2D eigenvalue weighted by molar-refractivity contribution is 0.105. The number of methoxy groups -OCH3 is 2. The van der Waals surface area contributed by atoms with E-state index in [1.54, 1.807) is 43.8 Å². The highest BCUT2D eigenvalue weighted by atomic mass is 16.5. The van der Waals surface area contributed by atoms with Crippen molar-refractivity contribution in [1.29, 1.82) is 0 Å². The number of pyridine rings is 1. The molecule has 0 saturated carbocycles. The van der Waals surface area contributed by atoms with Gasteiger partial charge >= 0.3 is 0 Å². The molecule has 4 aromatic rings. The van der Waals surface area contributed by atoms with Crippen molar-refractivity contribution >= 4 is 28.5 Å². The molecule has 0 fully saturated rings. The number of carbonyl (C=O) groups excluding carboxylic acids is 1. The van der Waals surface area contributed by atoms with Crippen molar-refractivity contribution < 1.29 is 18.7 Å². The number of Topliss-reactive ketones (excluding diaryl/α,β-unsaturated/α-hetero) is 1. The average Bonchev–Trinajstić information content (AvgIpc) is 3.21. The molecular weight excluding hydrogens is 368 g/mol. The quantitative estimate of drug-likeness (QED) is 0.354. The molecule has 0 atom stereocenters. The minimum absolute atomic E-state index is 0.241. The number of allylic oxidation sites excluding steroid dienone is 1. The van der Waals surface area contributed by atoms with Gasteiger partial charge in [0.1, 0.15) is 5.52 Å². The fraction of sp³-hybridized carbons (Fsp3) is 0.0870. The molecule has 2 heterocycles. The van der Waals surface area contributed by atoms with E-state index in [1.165, 1.54) is 7.11 Å². The van der Waals surface area contributed by atoms with Gasteiger partial charge in [0.05, 0.1) is 19.8 Å². The number of oxazole rings is 1. The van der Waals surface area contributed by atoms with Crippen LogP contribution in [-0.4, -0.2) is 30.0 Å². The van der Waals surface area contributed by atoms with Crippen LogP contribution < -0.4 is 9.47 Å². The Kier molecular flexibility index (Phi) is 5.07. The number of benzene rings is 2. The van der Waals surface area contributed by atoms with E-state index in [2.05, 4.69) is 9.97 Å². The maximum absolute atomic E-state index is 13.4. The number of rotatable bonds is 6. The van der Waals surface area contributed by atoms with Crippen LogP contribution in [0.3, 0.4) is 0 Å². The number of para-hydroxylation sites is 2. The molecule has 6 heteroatoms. The Bertz CT molecular complexity index is 1160. The zero-order valence-electron chi connectivity index (χ0n) is 16.0. The van der Waals surface area contributed by atoms with Gasteiger partial charge in [0.25, 0.3) is 0 Å². The van der Waals surface area contributed by atoms with E-state index < -0.39 is 0 Å². The predicted molar refractivity (Wildman–Crippen MR) is 110 cm³/mol. The number of hydrogen-bond donors (Lipinski definition) is 0. The molecular formula is C23H18N2O4. The Balaban J connectivity index is 1.84. The number of fused-ring (bicyclic) bond motifs is 1. The Labute approximate surface area is 167 Å². The fourth-order valence-corrected chi connectivity index (χ4v) is 2.97. The minimum atomic E-state index is -0.241. The maximum Gasteiger partial charge on any atom is 0.231 e. The zero-order valence-corrected chi connectivity index (χ0v) is 16.0. The van der Waals surface area contributed by atoms with Crippen molar-refractivity contribution in [2.24, 2.45) is 0 Å². The summed E-state index contributed by atoms with van der Waals surface area (Å²) in [5, 5.41) is 0. The summed E-state index contributed by atoms with van der Waals surface area (Å²) < 4.78 is 16.5. The van der Waals surface area contributed by atoms with Crippen LogP contribution in [0.15, 0.2) is 71.4 Å². The van der Waals surface area contributed by atoms with Gasteiger partial charge in [-0.25, -0.2) is 4.98 Å². The first-order valence-corrected chi connectivity index (χ1v) is 8.94. The Morgan fingerprint density at radius 2 is 1.72 bits per heavy atom. The van der Waals surface area contributed by atoms with Crippen LogP contribution in [0.25, 0.3) is 22.7 Å². The zero-order chi connectivity index (χ0) is 20.2. The molecule has 2 aromatic carbocycles. The number of carbonyl (C=O) groups is 1. The summed E-state index contributed by atoms with van der Waals surface area (Å²) in [5.74, 6) is 1.03. The van der Waals surface area contributed by atoms with Gasteiger partial charge in [0.2, 0.25) is 5.89 Å². The van der Waals surface area contributed by atoms with E-state index in [-0.39, 0.29) is 11.7 Å². The van der Waals surface area contributed by atoms with Crippen molar-refractivity contribution in [3.05, 3.63) is 84.0 Å². The number of hydrogen-bond acceptors (Lipinski definition) is 6. The van der Waals surface area contributed by atoms with Crippen molar-refractivity contribution in [2.45, 2.75) is 0 Å². The first kappa shape index (κ1) is 18.4. The van der Waals surface area contributed by atoms with Crippen LogP contribution in [-0.2, 0) is 0 Å². The highest BCUT2D eigenvalue weighted by Gasteiger charge is 2.21. The van der Waals surface area contributed by atoms with Gasteiger partial charge in [0, 0.05) is 18.0 Å². The van der Waals surface area contributed by atoms with Gasteiger partial charge in [-0.2, -0.15) is 0 Å². The second-order valence-corrected chi connectivity index (χ2v) is 6.22. The summed E-state index contributed by atoms with van der Waals surface area (Å²) in [6.45, 7) is 0. The van der Waals surface area contributed by atoms with E-state index in [4.69, 9.17) is 13.9 Å². The van der Waals surface area contributed by atoms with Gasteiger partial charge in [-0.3, -0.25) is 9.78 Å². The second-order valence-electron chi connectivity index (χ2n) is 6.22. The van der Waals surface area contributed by atoms with Gasteiger partial charge in [-0.05, 0) is 54.1 Å². The smallest absolute Gasteiger partial charge is 0.231 e. The first-order valence-electron chi connectivity index (χ1n) is 8.94. The molecule has 0 bridgehead atoms. The standard InChI is InChI=1S/C23H18N2O4/c1-27-20-8-7-16(14-21(20)28-2)22(26)17(13-15-9-11-24-12-10-15)23-25-18-5-3-4-6-19(18)29-23/h3-14H,1-2H3/b17-13-. The average molecular weight is 386 g/mol. The summed E-state index contributed by atoms with van der Waals surface area (Å²) in [4.78, 5) is 21.9. The van der Waals surface area contributed by atoms with Crippen LogP contribution >= 0.6 is 0 Å². The molecule has 144 valence electrons.